The van der Waals surface area contributed by atoms with Crippen LogP contribution in [0.25, 0.3) is 11.1 Å². The van der Waals surface area contributed by atoms with Crippen LogP contribution in [-0.4, -0.2) is 40.5 Å². The molecule has 1 amide bonds. The maximum Gasteiger partial charge on any atom is 0.238 e. The normalized spacial score (nSPS) is 21.9. The van der Waals surface area contributed by atoms with Crippen molar-refractivity contribution in [2.75, 3.05) is 13.1 Å². The largest absolute Gasteiger partial charge is 0.440 e. The number of rotatable bonds is 4. The molecule has 0 spiro atoms. The van der Waals surface area contributed by atoms with Crippen LogP contribution in [0, 0.1) is 11.3 Å². The highest BCUT2D eigenvalue weighted by Crippen LogP contribution is 2.31. The number of carbonyl (C=O) groups is 1. The Hall–Kier alpha value is -2.39. The fourth-order valence-corrected chi connectivity index (χ4v) is 4.52. The molecule has 2 aromatic rings. The van der Waals surface area contributed by atoms with Gasteiger partial charge < -0.3 is 9.73 Å². The first-order valence-corrected chi connectivity index (χ1v) is 10.4. The number of nitriles is 1. The van der Waals surface area contributed by atoms with Crippen molar-refractivity contribution in [3.05, 3.63) is 30.2 Å². The summed E-state index contributed by atoms with van der Waals surface area (Å²) in [6.45, 7) is 3.61. The first kappa shape index (κ1) is 18.9. The molecule has 6 heteroatoms. The molecule has 1 aromatic carbocycles. The number of fused-ring (bicyclic) bond motifs is 1. The number of hydrogen-bond donors (Lipinski definition) is 1. The monoisotopic (exact) mass is 380 g/mol. The van der Waals surface area contributed by atoms with Crippen molar-refractivity contribution in [1.29, 1.82) is 5.26 Å². The van der Waals surface area contributed by atoms with Gasteiger partial charge in [-0.15, -0.1) is 0 Å². The second kappa shape index (κ2) is 7.92. The lowest BCUT2D eigenvalue weighted by Gasteiger charge is -2.37. The van der Waals surface area contributed by atoms with Gasteiger partial charge in [-0.05, 0) is 57.8 Å². The molecule has 2 heterocycles. The molecule has 1 saturated heterocycles. The molecule has 1 saturated carbocycles. The first-order valence-electron chi connectivity index (χ1n) is 10.4. The van der Waals surface area contributed by atoms with Crippen molar-refractivity contribution in [2.45, 2.75) is 69.4 Å². The number of para-hydroxylation sites is 2. The standard InChI is InChI=1S/C22H28N4O2/c1-16(20(27)25-22(15-23)11-5-2-6-12-22)26-13-9-17(10-14-26)21-24-18-7-3-4-8-19(18)28-21/h3-4,7-8,16-17H,2,5-6,9-14H2,1H3,(H,25,27). The van der Waals surface area contributed by atoms with Crippen LogP contribution in [0.1, 0.15) is 63.7 Å². The summed E-state index contributed by atoms with van der Waals surface area (Å²) in [4.78, 5) is 19.7. The number of nitrogens with one attached hydrogen (secondary N) is 1. The van der Waals surface area contributed by atoms with Crippen molar-refractivity contribution in [2.24, 2.45) is 0 Å². The van der Waals surface area contributed by atoms with Gasteiger partial charge in [-0.25, -0.2) is 4.98 Å². The number of amides is 1. The summed E-state index contributed by atoms with van der Waals surface area (Å²) in [5.74, 6) is 1.08. The lowest BCUT2D eigenvalue weighted by Crippen LogP contribution is -2.55. The smallest absolute Gasteiger partial charge is 0.238 e. The van der Waals surface area contributed by atoms with Crippen LogP contribution in [-0.2, 0) is 4.79 Å². The second-order valence-electron chi connectivity index (χ2n) is 8.25. The molecule has 1 N–H and O–H groups in total. The average molecular weight is 380 g/mol. The molecule has 0 radical (unpaired) electrons. The number of carbonyl (C=O) groups excluding carboxylic acids is 1. The van der Waals surface area contributed by atoms with Gasteiger partial charge in [-0.2, -0.15) is 5.26 Å². The first-order chi connectivity index (χ1) is 13.6. The van der Waals surface area contributed by atoms with Gasteiger partial charge in [-0.1, -0.05) is 31.4 Å². The topological polar surface area (TPSA) is 82.2 Å². The summed E-state index contributed by atoms with van der Waals surface area (Å²) in [5.41, 5.74) is 1.07. The summed E-state index contributed by atoms with van der Waals surface area (Å²) in [6, 6.07) is 10.0. The van der Waals surface area contributed by atoms with Gasteiger partial charge >= 0.3 is 0 Å². The second-order valence-corrected chi connectivity index (χ2v) is 8.25. The number of benzene rings is 1. The zero-order valence-corrected chi connectivity index (χ0v) is 16.5. The SMILES string of the molecule is CC(C(=O)NC1(C#N)CCCCC1)N1CCC(c2nc3ccccc3o2)CC1. The van der Waals surface area contributed by atoms with E-state index < -0.39 is 5.54 Å². The van der Waals surface area contributed by atoms with E-state index >= 15 is 0 Å². The van der Waals surface area contributed by atoms with E-state index in [1.54, 1.807) is 0 Å². The molecule has 2 fully saturated rings. The van der Waals surface area contributed by atoms with Crippen molar-refractivity contribution in [1.82, 2.24) is 15.2 Å². The molecule has 148 valence electrons. The van der Waals surface area contributed by atoms with E-state index in [0.29, 0.717) is 5.92 Å². The Kier molecular flexibility index (Phi) is 5.36. The number of aromatic nitrogens is 1. The molecule has 4 rings (SSSR count). The van der Waals surface area contributed by atoms with Crippen molar-refractivity contribution in [3.8, 4) is 6.07 Å². The Balaban J connectivity index is 1.35. The molecule has 2 aliphatic rings. The molecular formula is C22H28N4O2. The number of likely N-dealkylation sites (tertiary alicyclic amines) is 1. The highest BCUT2D eigenvalue weighted by molar-refractivity contribution is 5.82. The van der Waals surface area contributed by atoms with Gasteiger partial charge in [0, 0.05) is 5.92 Å². The third kappa shape index (κ3) is 3.77. The quantitative estimate of drug-likeness (QED) is 0.874. The summed E-state index contributed by atoms with van der Waals surface area (Å²) >= 11 is 0. The number of hydrogen-bond acceptors (Lipinski definition) is 5. The minimum atomic E-state index is -0.667. The molecule has 1 aliphatic heterocycles. The van der Waals surface area contributed by atoms with E-state index in [0.717, 1.165) is 75.0 Å². The third-order valence-electron chi connectivity index (χ3n) is 6.40. The van der Waals surface area contributed by atoms with Gasteiger partial charge in [0.15, 0.2) is 11.5 Å². The minimum Gasteiger partial charge on any atom is -0.440 e. The fourth-order valence-electron chi connectivity index (χ4n) is 4.52. The van der Waals surface area contributed by atoms with E-state index in [2.05, 4.69) is 21.3 Å². The van der Waals surface area contributed by atoms with Gasteiger partial charge in [-0.3, -0.25) is 9.69 Å². The maximum atomic E-state index is 12.8. The molecule has 1 unspecified atom stereocenters. The van der Waals surface area contributed by atoms with Crippen molar-refractivity contribution in [3.63, 3.8) is 0 Å². The van der Waals surface area contributed by atoms with E-state index in [1.165, 1.54) is 0 Å². The van der Waals surface area contributed by atoms with E-state index in [4.69, 9.17) is 4.42 Å². The number of nitrogens with zero attached hydrogens (tertiary/aromatic N) is 3. The van der Waals surface area contributed by atoms with Gasteiger partial charge in [0.05, 0.1) is 12.1 Å². The van der Waals surface area contributed by atoms with Crippen LogP contribution in [0.2, 0.25) is 0 Å². The zero-order valence-electron chi connectivity index (χ0n) is 16.5. The Morgan fingerprint density at radius 3 is 2.68 bits per heavy atom. The van der Waals surface area contributed by atoms with Crippen LogP contribution in [0.15, 0.2) is 28.7 Å². The lowest BCUT2D eigenvalue weighted by atomic mass is 9.82. The van der Waals surface area contributed by atoms with E-state index in [-0.39, 0.29) is 11.9 Å². The van der Waals surface area contributed by atoms with Crippen LogP contribution in [0.4, 0.5) is 0 Å². The predicted molar refractivity (Wildman–Crippen MR) is 107 cm³/mol. The Morgan fingerprint density at radius 2 is 2.00 bits per heavy atom. The van der Waals surface area contributed by atoms with E-state index in [9.17, 15) is 10.1 Å². The van der Waals surface area contributed by atoms with Crippen LogP contribution < -0.4 is 5.32 Å². The molecule has 1 aromatic heterocycles. The summed E-state index contributed by atoms with van der Waals surface area (Å²) in [7, 11) is 0. The number of oxazole rings is 1. The van der Waals surface area contributed by atoms with Gasteiger partial charge in [0.2, 0.25) is 5.91 Å². The van der Waals surface area contributed by atoms with Crippen LogP contribution in [0.5, 0.6) is 0 Å². The highest BCUT2D eigenvalue weighted by atomic mass is 16.3. The Bertz CT molecular complexity index is 837. The Morgan fingerprint density at radius 1 is 1.29 bits per heavy atom. The third-order valence-corrected chi connectivity index (χ3v) is 6.40. The maximum absolute atomic E-state index is 12.8. The minimum absolute atomic E-state index is 0.0243. The molecule has 0 bridgehead atoms. The fraction of sp³-hybridized carbons (Fsp3) is 0.591. The van der Waals surface area contributed by atoms with Crippen molar-refractivity contribution < 1.29 is 9.21 Å². The molecule has 1 aliphatic carbocycles. The molecule has 6 nitrogen and oxygen atoms in total. The highest BCUT2D eigenvalue weighted by Gasteiger charge is 2.36. The lowest BCUT2D eigenvalue weighted by molar-refractivity contribution is -0.128. The van der Waals surface area contributed by atoms with Crippen LogP contribution >= 0.6 is 0 Å². The number of piperidine rings is 1. The van der Waals surface area contributed by atoms with Crippen LogP contribution in [0.3, 0.4) is 0 Å². The summed E-state index contributed by atoms with van der Waals surface area (Å²) < 4.78 is 5.93. The molecule has 1 atom stereocenters. The Labute approximate surface area is 165 Å². The average Bonchev–Trinajstić information content (AvgIpc) is 3.18. The van der Waals surface area contributed by atoms with Gasteiger partial charge in [0.1, 0.15) is 11.1 Å². The molecule has 28 heavy (non-hydrogen) atoms. The summed E-state index contributed by atoms with van der Waals surface area (Å²) in [6.07, 6.45) is 6.56. The van der Waals surface area contributed by atoms with E-state index in [1.807, 2.05) is 31.2 Å². The van der Waals surface area contributed by atoms with Crippen molar-refractivity contribution >= 4 is 17.0 Å². The molecular weight excluding hydrogens is 352 g/mol. The zero-order chi connectivity index (χ0) is 19.6. The van der Waals surface area contributed by atoms with Gasteiger partial charge in [0.25, 0.3) is 0 Å². The summed E-state index contributed by atoms with van der Waals surface area (Å²) in [5, 5.41) is 12.7. The predicted octanol–water partition coefficient (Wildman–Crippen LogP) is 3.74.